The summed E-state index contributed by atoms with van der Waals surface area (Å²) < 4.78 is 0. The molecule has 0 radical (unpaired) electrons. The third-order valence-corrected chi connectivity index (χ3v) is 2.38. The first kappa shape index (κ1) is 11.8. The van der Waals surface area contributed by atoms with Gasteiger partial charge in [-0.25, -0.2) is 0 Å². The highest BCUT2D eigenvalue weighted by Gasteiger charge is 2.06. The van der Waals surface area contributed by atoms with E-state index >= 15 is 0 Å². The van der Waals surface area contributed by atoms with Crippen molar-refractivity contribution in [2.24, 2.45) is 0 Å². The number of benzene rings is 1. The zero-order chi connectivity index (χ0) is 11.3. The van der Waals surface area contributed by atoms with E-state index in [1.54, 1.807) is 0 Å². The Morgan fingerprint density at radius 1 is 1.40 bits per heavy atom. The normalized spacial score (nSPS) is 10.1. The van der Waals surface area contributed by atoms with Crippen LogP contribution in [0.5, 0.6) is 0 Å². The zero-order valence-electron chi connectivity index (χ0n) is 9.79. The Balaban J connectivity index is 2.60. The third-order valence-electron chi connectivity index (χ3n) is 2.38. The second-order valence-electron chi connectivity index (χ2n) is 3.98. The fourth-order valence-corrected chi connectivity index (χ4v) is 1.58. The Morgan fingerprint density at radius 3 is 2.73 bits per heavy atom. The molecule has 1 rings (SSSR count). The van der Waals surface area contributed by atoms with Crippen molar-refractivity contribution in [2.75, 3.05) is 18.5 Å². The number of carbonyl (C=O) groups is 1. The molecular formula is C13H19NO. The van der Waals surface area contributed by atoms with Gasteiger partial charge >= 0.3 is 0 Å². The molecule has 0 aliphatic heterocycles. The molecule has 2 nitrogen and oxygen atoms in total. The molecule has 82 valence electrons. The minimum Gasteiger partial charge on any atom is -0.367 e. The van der Waals surface area contributed by atoms with Crippen LogP contribution in [-0.2, 0) is 4.79 Å². The summed E-state index contributed by atoms with van der Waals surface area (Å²) in [5.41, 5.74) is 2.33. The Hall–Kier alpha value is -1.31. The smallest absolute Gasteiger partial charge is 0.152 e. The van der Waals surface area contributed by atoms with Gasteiger partial charge in [-0.1, -0.05) is 19.1 Å². The van der Waals surface area contributed by atoms with E-state index in [0.29, 0.717) is 18.7 Å². The number of carbonyl (C=O) groups excluding carboxylic acids is 1. The Labute approximate surface area is 91.9 Å². The highest BCUT2D eigenvalue weighted by atomic mass is 16.1. The molecule has 0 spiro atoms. The molecule has 0 amide bonds. The molecule has 0 atom stereocenters. The number of Topliss-reactive ketones (excluding diaryl/α,β-unsaturated/α-hetero) is 1. The molecule has 0 aliphatic carbocycles. The Morgan fingerprint density at radius 2 is 2.13 bits per heavy atom. The highest BCUT2D eigenvalue weighted by Crippen LogP contribution is 2.14. The van der Waals surface area contributed by atoms with Crippen LogP contribution in [0.25, 0.3) is 0 Å². The first-order valence-corrected chi connectivity index (χ1v) is 5.43. The predicted molar refractivity (Wildman–Crippen MR) is 64.4 cm³/mol. The molecule has 0 unspecified atom stereocenters. The van der Waals surface area contributed by atoms with Crippen LogP contribution >= 0.6 is 0 Å². The summed E-state index contributed by atoms with van der Waals surface area (Å²) in [5.74, 6) is 0.307. The van der Waals surface area contributed by atoms with Crippen molar-refractivity contribution in [1.29, 1.82) is 0 Å². The van der Waals surface area contributed by atoms with Crippen LogP contribution in [0.3, 0.4) is 0 Å². The number of likely N-dealkylation sites (N-methyl/N-ethyl adjacent to an activating group) is 1. The number of nitrogens with zero attached hydrogens (tertiary/aromatic N) is 1. The Kier molecular flexibility index (Phi) is 4.35. The molecule has 1 aromatic carbocycles. The summed E-state index contributed by atoms with van der Waals surface area (Å²) in [6.45, 7) is 4.60. The van der Waals surface area contributed by atoms with Crippen molar-refractivity contribution in [2.45, 2.75) is 26.7 Å². The summed E-state index contributed by atoms with van der Waals surface area (Å²) >= 11 is 0. The molecule has 0 heterocycles. The van der Waals surface area contributed by atoms with Crippen molar-refractivity contribution in [1.82, 2.24) is 0 Å². The molecule has 0 aliphatic rings. The number of anilines is 1. The van der Waals surface area contributed by atoms with Crippen LogP contribution < -0.4 is 4.90 Å². The lowest BCUT2D eigenvalue weighted by Gasteiger charge is -2.18. The maximum absolute atomic E-state index is 11.5. The van der Waals surface area contributed by atoms with Gasteiger partial charge in [0, 0.05) is 19.2 Å². The molecule has 0 saturated carbocycles. The van der Waals surface area contributed by atoms with Crippen LogP contribution in [-0.4, -0.2) is 19.4 Å². The largest absolute Gasteiger partial charge is 0.367 e. The van der Waals surface area contributed by atoms with Gasteiger partial charge in [-0.3, -0.25) is 4.79 Å². The summed E-state index contributed by atoms with van der Waals surface area (Å²) in [6, 6.07) is 8.21. The average Bonchev–Trinajstić information content (AvgIpc) is 2.18. The minimum absolute atomic E-state index is 0.307. The van der Waals surface area contributed by atoms with Gasteiger partial charge in [-0.05, 0) is 31.0 Å². The second kappa shape index (κ2) is 5.54. The van der Waals surface area contributed by atoms with Crippen LogP contribution in [0.1, 0.15) is 25.3 Å². The minimum atomic E-state index is 0.307. The van der Waals surface area contributed by atoms with Crippen molar-refractivity contribution in [3.8, 4) is 0 Å². The molecule has 1 aromatic rings. The van der Waals surface area contributed by atoms with Gasteiger partial charge in [0.05, 0.1) is 6.54 Å². The highest BCUT2D eigenvalue weighted by molar-refractivity contribution is 5.83. The monoisotopic (exact) mass is 205 g/mol. The van der Waals surface area contributed by atoms with Crippen LogP contribution in [0.4, 0.5) is 5.69 Å². The van der Waals surface area contributed by atoms with Gasteiger partial charge in [-0.2, -0.15) is 0 Å². The molecule has 0 aromatic heterocycles. The number of aryl methyl sites for hydroxylation is 1. The van der Waals surface area contributed by atoms with E-state index in [1.165, 1.54) is 5.56 Å². The fourth-order valence-electron chi connectivity index (χ4n) is 1.58. The number of hydrogen-bond acceptors (Lipinski definition) is 2. The van der Waals surface area contributed by atoms with E-state index in [4.69, 9.17) is 0 Å². The third kappa shape index (κ3) is 3.74. The second-order valence-corrected chi connectivity index (χ2v) is 3.98. The van der Waals surface area contributed by atoms with Gasteiger partial charge in [0.1, 0.15) is 0 Å². The van der Waals surface area contributed by atoms with Gasteiger partial charge in [0.15, 0.2) is 5.78 Å². The van der Waals surface area contributed by atoms with Crippen LogP contribution in [0.15, 0.2) is 24.3 Å². The van der Waals surface area contributed by atoms with Gasteiger partial charge < -0.3 is 4.90 Å². The van der Waals surface area contributed by atoms with E-state index in [-0.39, 0.29) is 0 Å². The van der Waals surface area contributed by atoms with Crippen LogP contribution in [0.2, 0.25) is 0 Å². The van der Waals surface area contributed by atoms with E-state index in [9.17, 15) is 4.79 Å². The molecule has 0 bridgehead atoms. The van der Waals surface area contributed by atoms with Gasteiger partial charge in [0.2, 0.25) is 0 Å². The SMILES string of the molecule is CCCC(=O)CN(C)c1cccc(C)c1. The molecule has 15 heavy (non-hydrogen) atoms. The summed E-state index contributed by atoms with van der Waals surface area (Å²) in [4.78, 5) is 13.5. The zero-order valence-corrected chi connectivity index (χ0v) is 9.79. The molecular weight excluding hydrogens is 186 g/mol. The molecule has 2 heteroatoms. The van der Waals surface area contributed by atoms with Crippen LogP contribution in [0, 0.1) is 6.92 Å². The average molecular weight is 205 g/mol. The maximum Gasteiger partial charge on any atom is 0.152 e. The summed E-state index contributed by atoms with van der Waals surface area (Å²) in [6.07, 6.45) is 1.61. The van der Waals surface area contributed by atoms with E-state index < -0.39 is 0 Å². The first-order valence-electron chi connectivity index (χ1n) is 5.43. The maximum atomic E-state index is 11.5. The van der Waals surface area contributed by atoms with E-state index in [2.05, 4.69) is 19.1 Å². The van der Waals surface area contributed by atoms with Crippen molar-refractivity contribution in [3.05, 3.63) is 29.8 Å². The molecule has 0 saturated heterocycles. The standard InChI is InChI=1S/C13H19NO/c1-4-6-13(15)10-14(3)12-8-5-7-11(2)9-12/h5,7-9H,4,6,10H2,1-3H3. The Bertz CT molecular complexity index is 333. The molecule has 0 fully saturated rings. The van der Waals surface area contributed by atoms with E-state index in [0.717, 1.165) is 12.1 Å². The lowest BCUT2D eigenvalue weighted by atomic mass is 10.2. The number of rotatable bonds is 5. The first-order chi connectivity index (χ1) is 7.13. The van der Waals surface area contributed by atoms with Crippen molar-refractivity contribution < 1.29 is 4.79 Å². The summed E-state index contributed by atoms with van der Waals surface area (Å²) in [5, 5.41) is 0. The number of hydrogen-bond donors (Lipinski definition) is 0. The number of ketones is 1. The lowest BCUT2D eigenvalue weighted by molar-refractivity contribution is -0.117. The lowest BCUT2D eigenvalue weighted by Crippen LogP contribution is -2.25. The van der Waals surface area contributed by atoms with Crippen molar-refractivity contribution in [3.63, 3.8) is 0 Å². The summed E-state index contributed by atoms with van der Waals surface area (Å²) in [7, 11) is 1.96. The van der Waals surface area contributed by atoms with E-state index in [1.807, 2.05) is 31.0 Å². The predicted octanol–water partition coefficient (Wildman–Crippen LogP) is 2.80. The fraction of sp³-hybridized carbons (Fsp3) is 0.462. The molecule has 0 N–H and O–H groups in total. The topological polar surface area (TPSA) is 20.3 Å². The quantitative estimate of drug-likeness (QED) is 0.736. The van der Waals surface area contributed by atoms with Crippen molar-refractivity contribution >= 4 is 11.5 Å². The van der Waals surface area contributed by atoms with Gasteiger partial charge in [0.25, 0.3) is 0 Å². The van der Waals surface area contributed by atoms with Gasteiger partial charge in [-0.15, -0.1) is 0 Å².